The van der Waals surface area contributed by atoms with Crippen LogP contribution in [0.15, 0.2) is 5.38 Å². The first-order valence-corrected chi connectivity index (χ1v) is 12.7. The number of thiazole rings is 1. The third-order valence-electron chi connectivity index (χ3n) is 5.21. The number of amides is 1. The van der Waals surface area contributed by atoms with Crippen molar-refractivity contribution in [3.05, 3.63) is 16.1 Å². The predicted octanol–water partition coefficient (Wildman–Crippen LogP) is 5.23. The molecule has 144 valence electrons. The van der Waals surface area contributed by atoms with Gasteiger partial charge in [-0.15, -0.1) is 11.3 Å². The molecule has 7 heteroatoms. The summed E-state index contributed by atoms with van der Waals surface area (Å²) in [5.41, 5.74) is 0.984. The lowest BCUT2D eigenvalue weighted by molar-refractivity contribution is 0.122. The van der Waals surface area contributed by atoms with Crippen LogP contribution in [0, 0.1) is 5.92 Å². The summed E-state index contributed by atoms with van der Waals surface area (Å²) in [7, 11) is -0.118. The van der Waals surface area contributed by atoms with Crippen molar-refractivity contribution in [2.24, 2.45) is 5.92 Å². The van der Waals surface area contributed by atoms with E-state index in [9.17, 15) is 9.90 Å². The van der Waals surface area contributed by atoms with E-state index >= 15 is 0 Å². The highest BCUT2D eigenvalue weighted by molar-refractivity contribution is 7.09. The van der Waals surface area contributed by atoms with Crippen LogP contribution in [0.1, 0.15) is 51.7 Å². The summed E-state index contributed by atoms with van der Waals surface area (Å²) in [6.45, 7) is 15.9. The Kier molecular flexibility index (Phi) is 7.65. The standard InChI is InChI=1S/C18H34N2O3SSi/c1-13(2)15(20(6)17(21)22)9-10-16-19-14(12-24-16)11-23-25(7,8)18(3,4)5/h12-13,15H,9-11H2,1-8H3,(H,21,22)/t15-/m1/s1. The van der Waals surface area contributed by atoms with E-state index in [4.69, 9.17) is 4.43 Å². The van der Waals surface area contributed by atoms with Gasteiger partial charge in [-0.2, -0.15) is 0 Å². The summed E-state index contributed by atoms with van der Waals surface area (Å²) in [5.74, 6) is 0.280. The van der Waals surface area contributed by atoms with Gasteiger partial charge in [0.25, 0.3) is 0 Å². The molecule has 0 saturated heterocycles. The molecule has 25 heavy (non-hydrogen) atoms. The lowest BCUT2D eigenvalue weighted by Gasteiger charge is -2.35. The fourth-order valence-corrected chi connectivity index (χ4v) is 4.13. The van der Waals surface area contributed by atoms with Crippen LogP contribution in [0.2, 0.25) is 18.1 Å². The fraction of sp³-hybridized carbons (Fsp3) is 0.778. The summed E-state index contributed by atoms with van der Waals surface area (Å²) in [6, 6.07) is 0.00771. The highest BCUT2D eigenvalue weighted by Crippen LogP contribution is 2.37. The molecule has 0 bridgehead atoms. The lowest BCUT2D eigenvalue weighted by atomic mass is 9.98. The van der Waals surface area contributed by atoms with E-state index in [-0.39, 0.29) is 17.0 Å². The van der Waals surface area contributed by atoms with Crippen molar-refractivity contribution < 1.29 is 14.3 Å². The Hall–Kier alpha value is -0.923. The first-order valence-electron chi connectivity index (χ1n) is 8.88. The SMILES string of the molecule is CC(C)[C@@H](CCc1nc(CO[Si](C)(C)C(C)(C)C)cs1)N(C)C(=O)O. The number of hydrogen-bond donors (Lipinski definition) is 1. The molecule has 1 amide bonds. The number of nitrogens with zero attached hydrogens (tertiary/aromatic N) is 2. The number of hydrogen-bond acceptors (Lipinski definition) is 4. The highest BCUT2D eigenvalue weighted by atomic mass is 32.1. The van der Waals surface area contributed by atoms with Crippen molar-refractivity contribution in [3.63, 3.8) is 0 Å². The maximum atomic E-state index is 11.2. The normalized spacial score (nSPS) is 14.0. The number of aromatic nitrogens is 1. The molecule has 0 aliphatic carbocycles. The van der Waals surface area contributed by atoms with E-state index in [1.54, 1.807) is 18.4 Å². The number of aryl methyl sites for hydroxylation is 1. The van der Waals surface area contributed by atoms with E-state index < -0.39 is 14.4 Å². The van der Waals surface area contributed by atoms with Crippen LogP contribution in [0.4, 0.5) is 4.79 Å². The van der Waals surface area contributed by atoms with E-state index in [2.05, 4.69) is 58.1 Å². The van der Waals surface area contributed by atoms with Crippen LogP contribution in [0.5, 0.6) is 0 Å². The van der Waals surface area contributed by atoms with Crippen molar-refractivity contribution in [1.29, 1.82) is 0 Å². The quantitative estimate of drug-likeness (QED) is 0.621. The maximum absolute atomic E-state index is 11.2. The summed E-state index contributed by atoms with van der Waals surface area (Å²) >= 11 is 1.64. The minimum Gasteiger partial charge on any atom is -0.465 e. The molecule has 0 saturated carbocycles. The van der Waals surface area contributed by atoms with Crippen LogP contribution < -0.4 is 0 Å². The van der Waals surface area contributed by atoms with Crippen LogP contribution in [0.3, 0.4) is 0 Å². The van der Waals surface area contributed by atoms with Crippen LogP contribution in [-0.4, -0.2) is 42.5 Å². The smallest absolute Gasteiger partial charge is 0.407 e. The van der Waals surface area contributed by atoms with Gasteiger partial charge in [0, 0.05) is 24.9 Å². The second-order valence-corrected chi connectivity index (χ2v) is 14.3. The third kappa shape index (κ3) is 6.38. The first-order chi connectivity index (χ1) is 11.3. The average molecular weight is 387 g/mol. The van der Waals surface area contributed by atoms with Gasteiger partial charge >= 0.3 is 6.09 Å². The van der Waals surface area contributed by atoms with Gasteiger partial charge in [0.1, 0.15) is 0 Å². The van der Waals surface area contributed by atoms with E-state index in [1.807, 2.05) is 0 Å². The summed E-state index contributed by atoms with van der Waals surface area (Å²) in [4.78, 5) is 17.3. The molecule has 1 rings (SSSR count). The topological polar surface area (TPSA) is 62.7 Å². The molecule has 1 aromatic heterocycles. The fourth-order valence-electron chi connectivity index (χ4n) is 2.39. The Labute approximate surface area is 157 Å². The largest absolute Gasteiger partial charge is 0.465 e. The molecule has 1 heterocycles. The summed E-state index contributed by atoms with van der Waals surface area (Å²) < 4.78 is 6.22. The van der Waals surface area contributed by atoms with Gasteiger partial charge in [-0.05, 0) is 30.5 Å². The molecule has 1 aromatic rings. The molecule has 0 aliphatic rings. The molecule has 0 spiro atoms. The van der Waals surface area contributed by atoms with E-state index in [0.29, 0.717) is 6.61 Å². The van der Waals surface area contributed by atoms with E-state index in [1.165, 1.54) is 4.90 Å². The molecule has 0 unspecified atom stereocenters. The highest BCUT2D eigenvalue weighted by Gasteiger charge is 2.37. The summed E-state index contributed by atoms with van der Waals surface area (Å²) in [5, 5.41) is 12.5. The van der Waals surface area contributed by atoms with Gasteiger partial charge in [-0.3, -0.25) is 0 Å². The number of rotatable bonds is 8. The lowest BCUT2D eigenvalue weighted by Crippen LogP contribution is -2.40. The van der Waals surface area contributed by atoms with Crippen molar-refractivity contribution in [2.45, 2.75) is 78.2 Å². The Morgan fingerprint density at radius 3 is 2.48 bits per heavy atom. The Morgan fingerprint density at radius 1 is 1.40 bits per heavy atom. The minimum atomic E-state index is -1.76. The van der Waals surface area contributed by atoms with E-state index in [0.717, 1.165) is 23.5 Å². The average Bonchev–Trinajstić information content (AvgIpc) is 2.91. The van der Waals surface area contributed by atoms with Crippen molar-refractivity contribution in [3.8, 4) is 0 Å². The minimum absolute atomic E-state index is 0.00771. The van der Waals surface area contributed by atoms with Gasteiger partial charge in [-0.25, -0.2) is 9.78 Å². The maximum Gasteiger partial charge on any atom is 0.407 e. The zero-order valence-corrected chi connectivity index (χ0v) is 18.7. The molecule has 0 radical (unpaired) electrons. The molecule has 1 N–H and O–H groups in total. The van der Waals surface area contributed by atoms with Gasteiger partial charge in [-0.1, -0.05) is 34.6 Å². The second-order valence-electron chi connectivity index (χ2n) is 8.53. The van der Waals surface area contributed by atoms with Crippen molar-refractivity contribution in [1.82, 2.24) is 9.88 Å². The molecule has 1 atom stereocenters. The first kappa shape index (κ1) is 22.1. The molecule has 0 aliphatic heterocycles. The number of carboxylic acid groups (broad SMARTS) is 1. The monoisotopic (exact) mass is 386 g/mol. The van der Waals surface area contributed by atoms with Gasteiger partial charge in [0.15, 0.2) is 8.32 Å². The molecular weight excluding hydrogens is 352 g/mol. The summed E-state index contributed by atoms with van der Waals surface area (Å²) in [6.07, 6.45) is 0.711. The Morgan fingerprint density at radius 2 is 2.00 bits per heavy atom. The van der Waals surface area contributed by atoms with Crippen LogP contribution in [0.25, 0.3) is 0 Å². The zero-order chi connectivity index (χ0) is 19.4. The van der Waals surface area contributed by atoms with Crippen LogP contribution >= 0.6 is 11.3 Å². The van der Waals surface area contributed by atoms with Crippen LogP contribution in [-0.2, 0) is 17.5 Å². The predicted molar refractivity (Wildman–Crippen MR) is 107 cm³/mol. The zero-order valence-electron chi connectivity index (χ0n) is 16.9. The van der Waals surface area contributed by atoms with Gasteiger partial charge in [0.05, 0.1) is 17.3 Å². The second kappa shape index (κ2) is 8.64. The van der Waals surface area contributed by atoms with Gasteiger partial charge in [0.2, 0.25) is 0 Å². The third-order valence-corrected chi connectivity index (χ3v) is 10.6. The van der Waals surface area contributed by atoms with Crippen molar-refractivity contribution >= 4 is 25.7 Å². The molecule has 0 fully saturated rings. The molecule has 0 aromatic carbocycles. The Balaban J connectivity index is 2.62. The Bertz CT molecular complexity index is 567. The molecular formula is C18H34N2O3SSi. The number of carbonyl (C=O) groups is 1. The molecule has 5 nitrogen and oxygen atoms in total. The van der Waals surface area contributed by atoms with Crippen molar-refractivity contribution in [2.75, 3.05) is 7.05 Å². The van der Waals surface area contributed by atoms with Gasteiger partial charge < -0.3 is 14.4 Å².